The van der Waals surface area contributed by atoms with Gasteiger partial charge in [0.25, 0.3) is 0 Å². The Kier molecular flexibility index (Phi) is 8.80. The number of esters is 1. The van der Waals surface area contributed by atoms with Crippen LogP contribution in [0, 0.1) is 5.82 Å². The van der Waals surface area contributed by atoms with Crippen LogP contribution in [-0.4, -0.2) is 57.8 Å². The Bertz CT molecular complexity index is 1150. The summed E-state index contributed by atoms with van der Waals surface area (Å²) in [7, 11) is 0. The summed E-state index contributed by atoms with van der Waals surface area (Å²) in [4.78, 5) is 33.0. The van der Waals surface area contributed by atoms with E-state index in [2.05, 4.69) is 15.3 Å². The fourth-order valence-corrected chi connectivity index (χ4v) is 3.66. The van der Waals surface area contributed by atoms with E-state index < -0.39 is 46.6 Å². The molecule has 1 aromatic heterocycles. The van der Waals surface area contributed by atoms with Crippen molar-refractivity contribution in [1.29, 1.82) is 0 Å². The molecule has 0 atom stereocenters. The molecule has 0 bridgehead atoms. The van der Waals surface area contributed by atoms with Crippen LogP contribution in [0.4, 0.5) is 23.5 Å². The zero-order chi connectivity index (χ0) is 28.1. The largest absolute Gasteiger partial charge is 0.460 e. The van der Waals surface area contributed by atoms with Crippen LogP contribution in [-0.2, 0) is 20.5 Å². The maximum Gasteiger partial charge on any atom is 0.433 e. The molecule has 1 amide bonds. The number of aliphatic hydroxyl groups is 1. The van der Waals surface area contributed by atoms with Gasteiger partial charge in [0.15, 0.2) is 5.69 Å². The molecule has 2 heterocycles. The van der Waals surface area contributed by atoms with E-state index in [1.54, 1.807) is 20.8 Å². The number of rotatable bonds is 8. The number of amides is 1. The number of aromatic nitrogens is 2. The summed E-state index contributed by atoms with van der Waals surface area (Å²) < 4.78 is 64.4. The lowest BCUT2D eigenvalue weighted by Crippen LogP contribution is -2.51. The van der Waals surface area contributed by atoms with Gasteiger partial charge in [-0.2, -0.15) is 18.2 Å². The SMILES string of the molecule is CC(C)(C)OC(=O)CCC(=O)NCC1(O)CCN(c2nc(Oc3cccc(F)c3)cc(C(F)(F)F)n2)CC1. The summed E-state index contributed by atoms with van der Waals surface area (Å²) >= 11 is 0. The molecular weight excluding hydrogens is 512 g/mol. The van der Waals surface area contributed by atoms with Crippen molar-refractivity contribution in [2.75, 3.05) is 24.5 Å². The van der Waals surface area contributed by atoms with Gasteiger partial charge in [0, 0.05) is 38.2 Å². The van der Waals surface area contributed by atoms with Crippen LogP contribution in [0.1, 0.15) is 52.1 Å². The molecule has 3 rings (SSSR count). The molecule has 38 heavy (non-hydrogen) atoms. The molecule has 13 heteroatoms. The average Bonchev–Trinajstić information content (AvgIpc) is 2.80. The summed E-state index contributed by atoms with van der Waals surface area (Å²) in [5.74, 6) is -2.27. The first-order valence-corrected chi connectivity index (χ1v) is 12.0. The number of anilines is 1. The second-order valence-electron chi connectivity index (χ2n) is 10.0. The first-order chi connectivity index (χ1) is 17.6. The van der Waals surface area contributed by atoms with E-state index in [1.165, 1.54) is 17.0 Å². The Morgan fingerprint density at radius 3 is 2.39 bits per heavy atom. The number of halogens is 4. The van der Waals surface area contributed by atoms with E-state index in [0.29, 0.717) is 6.07 Å². The Hall–Kier alpha value is -3.48. The fraction of sp³-hybridized carbons (Fsp3) is 0.520. The van der Waals surface area contributed by atoms with Gasteiger partial charge in [0.05, 0.1) is 12.0 Å². The normalized spacial score (nSPS) is 15.6. The number of hydrogen-bond acceptors (Lipinski definition) is 8. The molecule has 1 aliphatic heterocycles. The number of benzene rings is 1. The van der Waals surface area contributed by atoms with Crippen molar-refractivity contribution in [2.24, 2.45) is 0 Å². The van der Waals surface area contributed by atoms with Crippen LogP contribution in [0.5, 0.6) is 11.6 Å². The molecule has 0 spiro atoms. The lowest BCUT2D eigenvalue weighted by Gasteiger charge is -2.38. The Balaban J connectivity index is 1.60. The molecule has 1 aliphatic rings. The van der Waals surface area contributed by atoms with Crippen LogP contribution in [0.3, 0.4) is 0 Å². The van der Waals surface area contributed by atoms with Crippen molar-refractivity contribution in [3.05, 3.63) is 41.8 Å². The highest BCUT2D eigenvalue weighted by Crippen LogP contribution is 2.33. The zero-order valence-electron chi connectivity index (χ0n) is 21.3. The van der Waals surface area contributed by atoms with Crippen molar-refractivity contribution < 1.29 is 41.7 Å². The number of ether oxygens (including phenoxy) is 2. The highest BCUT2D eigenvalue weighted by molar-refractivity contribution is 5.81. The molecule has 9 nitrogen and oxygen atoms in total. The first kappa shape index (κ1) is 29.1. The quantitative estimate of drug-likeness (QED) is 0.380. The number of nitrogens with one attached hydrogen (secondary N) is 1. The highest BCUT2D eigenvalue weighted by Gasteiger charge is 2.37. The number of nitrogens with zero attached hydrogens (tertiary/aromatic N) is 3. The number of piperidine rings is 1. The third-order valence-corrected chi connectivity index (χ3v) is 5.57. The summed E-state index contributed by atoms with van der Waals surface area (Å²) in [6.07, 6.45) is -4.78. The maximum absolute atomic E-state index is 13.5. The standard InChI is InChI=1S/C25H30F4N4O5/c1-23(2,3)38-21(35)8-7-19(34)30-15-24(36)9-11-33(12-10-24)22-31-18(25(27,28)29)14-20(32-22)37-17-6-4-5-16(26)13-17/h4-6,13-14,36H,7-12,15H2,1-3H3,(H,30,34). The van der Waals surface area contributed by atoms with Crippen molar-refractivity contribution >= 4 is 17.8 Å². The summed E-state index contributed by atoms with van der Waals surface area (Å²) in [6, 6.07) is 5.53. The number of hydrogen-bond donors (Lipinski definition) is 2. The molecule has 0 unspecified atom stereocenters. The minimum absolute atomic E-state index is 0.0294. The maximum atomic E-state index is 13.5. The molecule has 1 aromatic carbocycles. The van der Waals surface area contributed by atoms with Crippen molar-refractivity contribution in [1.82, 2.24) is 15.3 Å². The molecule has 0 radical (unpaired) electrons. The lowest BCUT2D eigenvalue weighted by atomic mass is 9.91. The first-order valence-electron chi connectivity index (χ1n) is 12.0. The Morgan fingerprint density at radius 2 is 1.79 bits per heavy atom. The van der Waals surface area contributed by atoms with Crippen LogP contribution in [0.15, 0.2) is 30.3 Å². The minimum atomic E-state index is -4.78. The van der Waals surface area contributed by atoms with Gasteiger partial charge in [-0.15, -0.1) is 0 Å². The third kappa shape index (κ3) is 8.82. The van der Waals surface area contributed by atoms with Crippen molar-refractivity contribution in [2.45, 2.75) is 63.8 Å². The second-order valence-corrected chi connectivity index (χ2v) is 10.0. The van der Waals surface area contributed by atoms with E-state index in [4.69, 9.17) is 9.47 Å². The lowest BCUT2D eigenvalue weighted by molar-refractivity contribution is -0.155. The van der Waals surface area contributed by atoms with E-state index in [0.717, 1.165) is 12.1 Å². The van der Waals surface area contributed by atoms with E-state index >= 15 is 0 Å². The van der Waals surface area contributed by atoms with Gasteiger partial charge in [-0.25, -0.2) is 9.37 Å². The van der Waals surface area contributed by atoms with Crippen molar-refractivity contribution in [3.63, 3.8) is 0 Å². The summed E-state index contributed by atoms with van der Waals surface area (Å²) in [5.41, 5.74) is -3.19. The van der Waals surface area contributed by atoms with Crippen LogP contribution >= 0.6 is 0 Å². The predicted octanol–water partition coefficient (Wildman–Crippen LogP) is 4.00. The molecule has 208 valence electrons. The van der Waals surface area contributed by atoms with E-state index in [-0.39, 0.29) is 57.0 Å². The topological polar surface area (TPSA) is 114 Å². The van der Waals surface area contributed by atoms with Crippen molar-refractivity contribution in [3.8, 4) is 11.6 Å². The zero-order valence-corrected chi connectivity index (χ0v) is 21.3. The van der Waals surface area contributed by atoms with E-state index in [1.807, 2.05) is 0 Å². The van der Waals surface area contributed by atoms with E-state index in [9.17, 15) is 32.3 Å². The molecule has 1 fully saturated rings. The smallest absolute Gasteiger partial charge is 0.433 e. The molecule has 2 aromatic rings. The highest BCUT2D eigenvalue weighted by atomic mass is 19.4. The average molecular weight is 543 g/mol. The van der Waals surface area contributed by atoms with Crippen LogP contribution in [0.2, 0.25) is 0 Å². The van der Waals surface area contributed by atoms with Gasteiger partial charge in [0.2, 0.25) is 17.7 Å². The van der Waals surface area contributed by atoms with Gasteiger partial charge in [-0.1, -0.05) is 6.07 Å². The minimum Gasteiger partial charge on any atom is -0.460 e. The molecule has 0 aliphatic carbocycles. The third-order valence-electron chi connectivity index (χ3n) is 5.57. The number of alkyl halides is 3. The predicted molar refractivity (Wildman–Crippen MR) is 128 cm³/mol. The second kappa shape index (κ2) is 11.5. The van der Waals surface area contributed by atoms with Gasteiger partial charge >= 0.3 is 12.1 Å². The Morgan fingerprint density at radius 1 is 1.11 bits per heavy atom. The van der Waals surface area contributed by atoms with Gasteiger partial charge in [0.1, 0.15) is 17.2 Å². The monoisotopic (exact) mass is 542 g/mol. The van der Waals surface area contributed by atoms with Gasteiger partial charge in [-0.05, 0) is 45.7 Å². The van der Waals surface area contributed by atoms with Gasteiger partial charge < -0.3 is 24.8 Å². The fourth-order valence-electron chi connectivity index (χ4n) is 3.66. The molecule has 0 saturated carbocycles. The molecular formula is C25H30F4N4O5. The summed E-state index contributed by atoms with van der Waals surface area (Å²) in [6.45, 7) is 5.27. The molecule has 2 N–H and O–H groups in total. The van der Waals surface area contributed by atoms with Crippen LogP contribution in [0.25, 0.3) is 0 Å². The molecule has 1 saturated heterocycles. The van der Waals surface area contributed by atoms with Crippen LogP contribution < -0.4 is 15.0 Å². The Labute approximate surface area is 217 Å². The number of carbonyl (C=O) groups excluding carboxylic acids is 2. The number of carbonyl (C=O) groups is 2. The summed E-state index contributed by atoms with van der Waals surface area (Å²) in [5, 5.41) is 13.5. The van der Waals surface area contributed by atoms with Gasteiger partial charge in [-0.3, -0.25) is 9.59 Å².